The molecule has 2 aliphatic heterocycles. The van der Waals surface area contributed by atoms with Gasteiger partial charge in [-0.2, -0.15) is 5.10 Å². The number of hydrazine groups is 1. The van der Waals surface area contributed by atoms with Crippen LogP contribution >= 0.6 is 0 Å². The highest BCUT2D eigenvalue weighted by Crippen LogP contribution is 2.30. The second kappa shape index (κ2) is 7.70. The zero-order valence-electron chi connectivity index (χ0n) is 17.8. The van der Waals surface area contributed by atoms with E-state index in [0.29, 0.717) is 6.04 Å². The van der Waals surface area contributed by atoms with Crippen molar-refractivity contribution in [1.29, 1.82) is 0 Å². The van der Waals surface area contributed by atoms with Crippen molar-refractivity contribution in [3.8, 4) is 11.4 Å². The molecule has 2 aliphatic rings. The van der Waals surface area contributed by atoms with Gasteiger partial charge in [-0.3, -0.25) is 10.00 Å². The molecule has 4 heterocycles. The van der Waals surface area contributed by atoms with Crippen molar-refractivity contribution in [1.82, 2.24) is 35.5 Å². The summed E-state index contributed by atoms with van der Waals surface area (Å²) in [5.74, 6) is 0.972. The van der Waals surface area contributed by atoms with E-state index in [9.17, 15) is 0 Å². The lowest BCUT2D eigenvalue weighted by Crippen LogP contribution is -2.49. The van der Waals surface area contributed by atoms with Crippen LogP contribution in [0.2, 0.25) is 0 Å². The average molecular weight is 405 g/mol. The highest BCUT2D eigenvalue weighted by atomic mass is 15.5. The molecule has 0 bridgehead atoms. The number of nitrogens with one attached hydrogen (secondary N) is 2. The molecule has 0 amide bonds. The van der Waals surface area contributed by atoms with E-state index in [2.05, 4.69) is 79.7 Å². The Kier molecular flexibility index (Phi) is 4.88. The zero-order valence-corrected chi connectivity index (χ0v) is 17.8. The maximum atomic E-state index is 4.58. The van der Waals surface area contributed by atoms with Crippen molar-refractivity contribution >= 4 is 22.3 Å². The molecule has 0 unspecified atom stereocenters. The van der Waals surface area contributed by atoms with Crippen molar-refractivity contribution < 1.29 is 0 Å². The first-order chi connectivity index (χ1) is 14.6. The molecule has 2 N–H and O–H groups in total. The van der Waals surface area contributed by atoms with Gasteiger partial charge in [-0.05, 0) is 37.1 Å². The van der Waals surface area contributed by atoms with E-state index in [1.165, 1.54) is 11.1 Å². The summed E-state index contributed by atoms with van der Waals surface area (Å²) in [6, 6.07) is 9.08. The molecule has 8 heteroatoms. The highest BCUT2D eigenvalue weighted by Gasteiger charge is 2.21. The number of piperazine rings is 1. The quantitative estimate of drug-likeness (QED) is 0.691. The number of nitrogens with zero attached hydrogens (tertiary/aromatic N) is 6. The monoisotopic (exact) mass is 404 g/mol. The Balaban J connectivity index is 1.44. The van der Waals surface area contributed by atoms with Gasteiger partial charge < -0.3 is 9.91 Å². The number of rotatable bonds is 4. The molecule has 156 valence electrons. The fraction of sp³-hybridized carbons (Fsp3) is 0.409. The Morgan fingerprint density at radius 2 is 1.87 bits per heavy atom. The van der Waals surface area contributed by atoms with Crippen molar-refractivity contribution in [2.45, 2.75) is 19.9 Å². The average Bonchev–Trinajstić information content (AvgIpc) is 3.39. The number of H-pyrrole nitrogens is 1. The van der Waals surface area contributed by atoms with Gasteiger partial charge in [0.2, 0.25) is 0 Å². The molecule has 8 nitrogen and oxygen atoms in total. The fourth-order valence-corrected chi connectivity index (χ4v) is 4.24. The third-order valence-electron chi connectivity index (χ3n) is 6.07. The summed E-state index contributed by atoms with van der Waals surface area (Å²) in [6.45, 7) is 9.42. The Labute approximate surface area is 176 Å². The second-order valence-electron chi connectivity index (χ2n) is 8.31. The summed E-state index contributed by atoms with van der Waals surface area (Å²) in [5.41, 5.74) is 8.49. The van der Waals surface area contributed by atoms with E-state index in [-0.39, 0.29) is 0 Å². The number of benzene rings is 1. The molecule has 0 saturated carbocycles. The van der Waals surface area contributed by atoms with Crippen molar-refractivity contribution in [2.75, 3.05) is 44.7 Å². The molecular formula is C22H28N8. The molecule has 5 rings (SSSR count). The molecule has 0 atom stereocenters. The van der Waals surface area contributed by atoms with Crippen molar-refractivity contribution in [3.05, 3.63) is 42.4 Å². The predicted octanol–water partition coefficient (Wildman–Crippen LogP) is 2.34. The topological polar surface area (TPSA) is 76.2 Å². The van der Waals surface area contributed by atoms with Crippen LogP contribution in [-0.2, 0) is 0 Å². The number of aromatic nitrogens is 4. The van der Waals surface area contributed by atoms with Gasteiger partial charge in [0.25, 0.3) is 0 Å². The third kappa shape index (κ3) is 3.53. The lowest BCUT2D eigenvalue weighted by Gasteiger charge is -2.37. The molecule has 1 saturated heterocycles. The first-order valence-electron chi connectivity index (χ1n) is 10.6. The van der Waals surface area contributed by atoms with Crippen LogP contribution in [0.3, 0.4) is 0 Å². The molecule has 3 aromatic rings. The van der Waals surface area contributed by atoms with Gasteiger partial charge in [0, 0.05) is 63.5 Å². The Bertz CT molecular complexity index is 1080. The standard InChI is InChI=1S/C22H28N8/c1-15(2)29-6-8-30(9-7-29)21-11-20(23-14-24-21)22-18-10-16(4-5-19(18)26-27-22)17-12-25-28(3)13-17/h4-5,10-11,13-15,25H,6-9,12H2,1-3H3,(H,26,27). The van der Waals surface area contributed by atoms with Crippen LogP contribution in [0.15, 0.2) is 36.8 Å². The number of aromatic amines is 1. The molecule has 0 radical (unpaired) electrons. The smallest absolute Gasteiger partial charge is 0.132 e. The minimum atomic E-state index is 0.586. The summed E-state index contributed by atoms with van der Waals surface area (Å²) in [4.78, 5) is 13.9. The van der Waals surface area contributed by atoms with Crippen LogP contribution in [0.1, 0.15) is 19.4 Å². The van der Waals surface area contributed by atoms with Crippen molar-refractivity contribution in [3.63, 3.8) is 0 Å². The minimum Gasteiger partial charge on any atom is -0.354 e. The van der Waals surface area contributed by atoms with Gasteiger partial charge in [-0.25, -0.2) is 15.4 Å². The normalized spacial score (nSPS) is 17.9. The SMILES string of the molecule is CC(C)N1CCN(c2cc(-c3n[nH]c4ccc(C5=CN(C)NC5)cc34)ncn2)CC1. The lowest BCUT2D eigenvalue weighted by molar-refractivity contribution is 0.209. The van der Waals surface area contributed by atoms with E-state index in [1.807, 2.05) is 12.1 Å². The van der Waals surface area contributed by atoms with E-state index >= 15 is 0 Å². The summed E-state index contributed by atoms with van der Waals surface area (Å²) in [7, 11) is 2.01. The second-order valence-corrected chi connectivity index (χ2v) is 8.31. The van der Waals surface area contributed by atoms with Crippen LogP contribution in [0, 0.1) is 0 Å². The summed E-state index contributed by atoms with van der Waals surface area (Å²) in [6.07, 6.45) is 3.78. The number of anilines is 1. The largest absolute Gasteiger partial charge is 0.354 e. The predicted molar refractivity (Wildman–Crippen MR) is 120 cm³/mol. The maximum Gasteiger partial charge on any atom is 0.132 e. The summed E-state index contributed by atoms with van der Waals surface area (Å²) >= 11 is 0. The van der Waals surface area contributed by atoms with Gasteiger partial charge in [-0.15, -0.1) is 0 Å². The number of hydrogen-bond donors (Lipinski definition) is 2. The van der Waals surface area contributed by atoms with Crippen LogP contribution < -0.4 is 10.3 Å². The maximum absolute atomic E-state index is 4.58. The highest BCUT2D eigenvalue weighted by molar-refractivity contribution is 5.94. The molecule has 0 aliphatic carbocycles. The molecule has 1 fully saturated rings. The minimum absolute atomic E-state index is 0.586. The molecule has 2 aromatic heterocycles. The molecule has 0 spiro atoms. The number of hydrogen-bond acceptors (Lipinski definition) is 7. The number of fused-ring (bicyclic) bond motifs is 1. The van der Waals surface area contributed by atoms with Crippen LogP contribution in [0.5, 0.6) is 0 Å². The van der Waals surface area contributed by atoms with E-state index < -0.39 is 0 Å². The summed E-state index contributed by atoms with van der Waals surface area (Å²) in [5, 5.41) is 10.8. The van der Waals surface area contributed by atoms with Gasteiger partial charge in [0.1, 0.15) is 17.8 Å². The van der Waals surface area contributed by atoms with E-state index in [1.54, 1.807) is 6.33 Å². The van der Waals surface area contributed by atoms with Crippen LogP contribution in [-0.4, -0.2) is 75.9 Å². The van der Waals surface area contributed by atoms with E-state index in [4.69, 9.17) is 0 Å². The fourth-order valence-electron chi connectivity index (χ4n) is 4.24. The van der Waals surface area contributed by atoms with Gasteiger partial charge in [0.05, 0.1) is 11.2 Å². The lowest BCUT2D eigenvalue weighted by atomic mass is 10.0. The Hall–Kier alpha value is -2.97. The van der Waals surface area contributed by atoms with Gasteiger partial charge in [0.15, 0.2) is 0 Å². The first-order valence-corrected chi connectivity index (χ1v) is 10.6. The van der Waals surface area contributed by atoms with Crippen LogP contribution in [0.25, 0.3) is 27.9 Å². The van der Waals surface area contributed by atoms with Gasteiger partial charge >= 0.3 is 0 Å². The van der Waals surface area contributed by atoms with Crippen LogP contribution in [0.4, 0.5) is 5.82 Å². The summed E-state index contributed by atoms with van der Waals surface area (Å²) < 4.78 is 0. The van der Waals surface area contributed by atoms with Crippen molar-refractivity contribution in [2.24, 2.45) is 0 Å². The molecule has 1 aromatic carbocycles. The molecule has 30 heavy (non-hydrogen) atoms. The Morgan fingerprint density at radius 1 is 1.03 bits per heavy atom. The Morgan fingerprint density at radius 3 is 2.60 bits per heavy atom. The van der Waals surface area contributed by atoms with E-state index in [0.717, 1.165) is 60.8 Å². The molecular weight excluding hydrogens is 376 g/mol. The third-order valence-corrected chi connectivity index (χ3v) is 6.07. The first kappa shape index (κ1) is 19.0. The van der Waals surface area contributed by atoms with Gasteiger partial charge in [-0.1, -0.05) is 6.07 Å². The zero-order chi connectivity index (χ0) is 20.7.